The minimum atomic E-state index is -0.614. The largest absolute Gasteiger partial charge is 0.494 e. The third kappa shape index (κ3) is 4.13. The number of carbonyl (C=O) groups excluding carboxylic acids is 2. The number of rotatable bonds is 8. The Labute approximate surface area is 177 Å². The van der Waals surface area contributed by atoms with Crippen molar-refractivity contribution in [1.82, 2.24) is 0 Å². The van der Waals surface area contributed by atoms with Gasteiger partial charge in [-0.2, -0.15) is 0 Å². The Bertz CT molecular complexity index is 785. The van der Waals surface area contributed by atoms with Crippen molar-refractivity contribution >= 4 is 11.9 Å². The summed E-state index contributed by atoms with van der Waals surface area (Å²) in [5.74, 6) is -0.952. The van der Waals surface area contributed by atoms with Crippen molar-refractivity contribution in [3.05, 3.63) is 59.7 Å². The fourth-order valence-electron chi connectivity index (χ4n) is 4.34. The first-order valence-electron chi connectivity index (χ1n) is 10.2. The molecule has 1 aliphatic carbocycles. The molecule has 2 aromatic rings. The number of esters is 2. The zero-order valence-corrected chi connectivity index (χ0v) is 17.8. The molecule has 0 spiro atoms. The van der Waals surface area contributed by atoms with Crippen molar-refractivity contribution in [2.75, 3.05) is 27.4 Å². The number of hydrogen-bond acceptors (Lipinski definition) is 6. The summed E-state index contributed by atoms with van der Waals surface area (Å²) < 4.78 is 21.1. The van der Waals surface area contributed by atoms with Gasteiger partial charge in [0.2, 0.25) is 0 Å². The van der Waals surface area contributed by atoms with Gasteiger partial charge in [-0.05, 0) is 49.2 Å². The van der Waals surface area contributed by atoms with Gasteiger partial charge in [-0.1, -0.05) is 24.3 Å². The lowest BCUT2D eigenvalue weighted by Crippen LogP contribution is -2.52. The molecule has 4 atom stereocenters. The topological polar surface area (TPSA) is 71.1 Å². The summed E-state index contributed by atoms with van der Waals surface area (Å²) in [5.41, 5.74) is 1.90. The minimum absolute atomic E-state index is 0.213. The smallest absolute Gasteiger partial charge is 0.310 e. The summed E-state index contributed by atoms with van der Waals surface area (Å²) in [6.45, 7) is 5.01. The van der Waals surface area contributed by atoms with Gasteiger partial charge in [0, 0.05) is 11.8 Å². The highest BCUT2D eigenvalue weighted by Gasteiger charge is 2.59. The molecule has 1 fully saturated rings. The van der Waals surface area contributed by atoms with E-state index in [4.69, 9.17) is 18.9 Å². The first kappa shape index (κ1) is 21.7. The first-order chi connectivity index (χ1) is 14.5. The predicted octanol–water partition coefficient (Wildman–Crippen LogP) is 3.94. The SMILES string of the molecule is CCOc1ccc([C@@H]2[C@@H](C(=O)OC)[C@@H](C(=O)OC)[C@@H]2c2ccc(OCC)cc2)cc1. The third-order valence-corrected chi connectivity index (χ3v) is 5.65. The van der Waals surface area contributed by atoms with Gasteiger partial charge in [-0.15, -0.1) is 0 Å². The van der Waals surface area contributed by atoms with Gasteiger partial charge in [-0.3, -0.25) is 9.59 Å². The van der Waals surface area contributed by atoms with Crippen LogP contribution in [0.5, 0.6) is 11.5 Å². The van der Waals surface area contributed by atoms with Crippen LogP contribution in [0.4, 0.5) is 0 Å². The third-order valence-electron chi connectivity index (χ3n) is 5.65. The highest BCUT2D eigenvalue weighted by Crippen LogP contribution is 2.58. The van der Waals surface area contributed by atoms with E-state index in [0.29, 0.717) is 13.2 Å². The maximum Gasteiger partial charge on any atom is 0.310 e. The van der Waals surface area contributed by atoms with Crippen LogP contribution >= 0.6 is 0 Å². The Morgan fingerprint density at radius 3 is 1.27 bits per heavy atom. The van der Waals surface area contributed by atoms with E-state index in [1.807, 2.05) is 62.4 Å². The quantitative estimate of drug-likeness (QED) is 0.612. The monoisotopic (exact) mass is 412 g/mol. The minimum Gasteiger partial charge on any atom is -0.494 e. The Kier molecular flexibility index (Phi) is 6.98. The molecular formula is C24H28O6. The maximum atomic E-state index is 12.6. The molecule has 1 aliphatic rings. The zero-order chi connectivity index (χ0) is 21.7. The molecule has 0 aromatic heterocycles. The molecule has 0 bridgehead atoms. The van der Waals surface area contributed by atoms with Crippen LogP contribution in [-0.4, -0.2) is 39.4 Å². The lowest BCUT2D eigenvalue weighted by molar-refractivity contribution is -0.168. The van der Waals surface area contributed by atoms with E-state index in [0.717, 1.165) is 22.6 Å². The summed E-state index contributed by atoms with van der Waals surface area (Å²) in [6, 6.07) is 15.3. The van der Waals surface area contributed by atoms with Crippen LogP contribution in [-0.2, 0) is 19.1 Å². The highest BCUT2D eigenvalue weighted by atomic mass is 16.5. The summed E-state index contributed by atoms with van der Waals surface area (Å²) in [6.07, 6.45) is 0. The van der Waals surface area contributed by atoms with Crippen molar-refractivity contribution in [2.24, 2.45) is 11.8 Å². The van der Waals surface area contributed by atoms with Crippen molar-refractivity contribution in [3.63, 3.8) is 0 Å². The lowest BCUT2D eigenvalue weighted by atomic mass is 9.52. The fourth-order valence-corrected chi connectivity index (χ4v) is 4.34. The highest BCUT2D eigenvalue weighted by molar-refractivity contribution is 5.87. The van der Waals surface area contributed by atoms with Gasteiger partial charge in [0.1, 0.15) is 11.5 Å². The summed E-state index contributed by atoms with van der Waals surface area (Å²) in [5, 5.41) is 0. The first-order valence-corrected chi connectivity index (χ1v) is 10.2. The maximum absolute atomic E-state index is 12.6. The number of methoxy groups -OCH3 is 2. The second-order valence-electron chi connectivity index (χ2n) is 7.15. The van der Waals surface area contributed by atoms with E-state index in [1.54, 1.807) is 0 Å². The molecule has 0 N–H and O–H groups in total. The molecule has 6 nitrogen and oxygen atoms in total. The van der Waals surface area contributed by atoms with E-state index in [-0.39, 0.29) is 11.8 Å². The van der Waals surface area contributed by atoms with Crippen molar-refractivity contribution < 1.29 is 28.5 Å². The zero-order valence-electron chi connectivity index (χ0n) is 17.8. The number of carbonyl (C=O) groups is 2. The average Bonchev–Trinajstić information content (AvgIpc) is 2.75. The Morgan fingerprint density at radius 1 is 0.667 bits per heavy atom. The summed E-state index contributed by atoms with van der Waals surface area (Å²) in [4.78, 5) is 25.2. The Morgan fingerprint density at radius 2 is 1.00 bits per heavy atom. The van der Waals surface area contributed by atoms with Crippen LogP contribution in [0, 0.1) is 11.8 Å². The Hall–Kier alpha value is -3.02. The number of hydrogen-bond donors (Lipinski definition) is 0. The van der Waals surface area contributed by atoms with Gasteiger partial charge in [0.05, 0.1) is 39.3 Å². The van der Waals surface area contributed by atoms with Crippen LogP contribution in [0.3, 0.4) is 0 Å². The van der Waals surface area contributed by atoms with E-state index in [1.165, 1.54) is 14.2 Å². The molecule has 30 heavy (non-hydrogen) atoms. The van der Waals surface area contributed by atoms with E-state index >= 15 is 0 Å². The molecule has 0 aliphatic heterocycles. The van der Waals surface area contributed by atoms with Gasteiger partial charge < -0.3 is 18.9 Å². The van der Waals surface area contributed by atoms with Gasteiger partial charge in [0.15, 0.2) is 0 Å². The summed E-state index contributed by atoms with van der Waals surface area (Å²) >= 11 is 0. The van der Waals surface area contributed by atoms with Crippen molar-refractivity contribution in [1.29, 1.82) is 0 Å². The molecule has 6 heteroatoms. The molecule has 3 rings (SSSR count). The molecule has 2 aromatic carbocycles. The molecular weight excluding hydrogens is 384 g/mol. The lowest BCUT2D eigenvalue weighted by Gasteiger charge is -2.49. The molecule has 160 valence electrons. The average molecular weight is 412 g/mol. The number of benzene rings is 2. The molecule has 0 heterocycles. The van der Waals surface area contributed by atoms with Crippen molar-refractivity contribution in [3.8, 4) is 11.5 Å². The van der Waals surface area contributed by atoms with Crippen LogP contribution in [0.2, 0.25) is 0 Å². The molecule has 0 amide bonds. The number of ether oxygens (including phenoxy) is 4. The Balaban J connectivity index is 2.01. The second-order valence-corrected chi connectivity index (χ2v) is 7.15. The normalized spacial score (nSPS) is 22.5. The van der Waals surface area contributed by atoms with Crippen LogP contribution in [0.25, 0.3) is 0 Å². The predicted molar refractivity (Wildman–Crippen MR) is 112 cm³/mol. The van der Waals surface area contributed by atoms with Gasteiger partial charge in [0.25, 0.3) is 0 Å². The van der Waals surface area contributed by atoms with Crippen LogP contribution in [0.1, 0.15) is 36.8 Å². The second kappa shape index (κ2) is 9.65. The van der Waals surface area contributed by atoms with Crippen molar-refractivity contribution in [2.45, 2.75) is 25.7 Å². The van der Waals surface area contributed by atoms with Gasteiger partial charge >= 0.3 is 11.9 Å². The van der Waals surface area contributed by atoms with E-state index in [9.17, 15) is 9.59 Å². The summed E-state index contributed by atoms with van der Waals surface area (Å²) in [7, 11) is 2.69. The molecule has 0 unspecified atom stereocenters. The van der Waals surface area contributed by atoms with E-state index < -0.39 is 23.8 Å². The molecule has 0 radical (unpaired) electrons. The van der Waals surface area contributed by atoms with Gasteiger partial charge in [-0.25, -0.2) is 0 Å². The van der Waals surface area contributed by atoms with Crippen LogP contribution < -0.4 is 9.47 Å². The molecule has 1 saturated carbocycles. The van der Waals surface area contributed by atoms with E-state index in [2.05, 4.69) is 0 Å². The standard InChI is InChI=1S/C24H28O6/c1-5-29-17-11-7-15(8-12-17)19-20(16-9-13-18(14-10-16)30-6-2)22(24(26)28-4)21(19)23(25)27-3/h7-14,19-22H,5-6H2,1-4H3/t19-,20+,21+,22-. The van der Waals surface area contributed by atoms with Crippen LogP contribution in [0.15, 0.2) is 48.5 Å². The fraction of sp³-hybridized carbons (Fsp3) is 0.417. The molecule has 0 saturated heterocycles.